The Bertz CT molecular complexity index is 676. The molecule has 2 aromatic rings. The maximum absolute atomic E-state index is 12.2. The smallest absolute Gasteiger partial charge is 0.241 e. The fourth-order valence-corrected chi connectivity index (χ4v) is 4.58. The molecular weight excluding hydrogens is 326 g/mol. The molecule has 2 N–H and O–H groups in total. The number of thiophene rings is 1. The first-order valence-corrected chi connectivity index (χ1v) is 9.94. The molecule has 0 radical (unpaired) electrons. The molecule has 0 spiro atoms. The lowest BCUT2D eigenvalue weighted by atomic mass is 10.4. The van der Waals surface area contributed by atoms with E-state index in [1.165, 1.54) is 22.7 Å². The van der Waals surface area contributed by atoms with Crippen LogP contribution in [0.25, 0.3) is 0 Å². The van der Waals surface area contributed by atoms with Gasteiger partial charge in [-0.1, -0.05) is 6.92 Å². The van der Waals surface area contributed by atoms with Crippen LogP contribution in [-0.2, 0) is 23.1 Å². The predicted molar refractivity (Wildman–Crippen MR) is 87.2 cm³/mol. The van der Waals surface area contributed by atoms with Crippen molar-refractivity contribution in [3.05, 3.63) is 32.4 Å². The first-order chi connectivity index (χ1) is 10.0. The molecule has 5 nitrogen and oxygen atoms in total. The van der Waals surface area contributed by atoms with Crippen LogP contribution in [0.15, 0.2) is 21.7 Å². The molecule has 0 aliphatic rings. The molecule has 0 aromatic carbocycles. The zero-order chi connectivity index (χ0) is 15.3. The Labute approximate surface area is 133 Å². The lowest BCUT2D eigenvalue weighted by Gasteiger charge is -2.03. The number of aryl methyl sites for hydroxylation is 1. The molecule has 0 bridgehead atoms. The summed E-state index contributed by atoms with van der Waals surface area (Å²) in [5.41, 5.74) is 0.751. The van der Waals surface area contributed by atoms with E-state index < -0.39 is 10.0 Å². The maximum atomic E-state index is 12.2. The minimum absolute atomic E-state index is 0.228. The van der Waals surface area contributed by atoms with Crippen LogP contribution in [0.1, 0.15) is 28.9 Å². The van der Waals surface area contributed by atoms with Crippen LogP contribution in [0.3, 0.4) is 0 Å². The van der Waals surface area contributed by atoms with Gasteiger partial charge in [0.25, 0.3) is 0 Å². The largest absolute Gasteiger partial charge is 0.312 e. The number of hydrogen-bond acceptors (Lipinski definition) is 6. The maximum Gasteiger partial charge on any atom is 0.241 e. The second-order valence-electron chi connectivity index (χ2n) is 4.61. The van der Waals surface area contributed by atoms with Crippen molar-refractivity contribution in [2.75, 3.05) is 6.54 Å². The van der Waals surface area contributed by atoms with Crippen LogP contribution in [0.5, 0.6) is 0 Å². The van der Waals surface area contributed by atoms with Crippen molar-refractivity contribution in [2.24, 2.45) is 0 Å². The Balaban J connectivity index is 1.95. The first kappa shape index (κ1) is 16.6. The molecule has 0 aliphatic carbocycles. The number of thiazole rings is 1. The highest BCUT2D eigenvalue weighted by Gasteiger charge is 2.16. The van der Waals surface area contributed by atoms with Crippen molar-refractivity contribution in [3.63, 3.8) is 0 Å². The third kappa shape index (κ3) is 4.86. The molecule has 0 saturated heterocycles. The second kappa shape index (κ2) is 7.46. The fourth-order valence-electron chi connectivity index (χ4n) is 1.72. The molecular formula is C13H19N3O2S3. The van der Waals surface area contributed by atoms with E-state index in [1.54, 1.807) is 11.4 Å². The third-order valence-corrected chi connectivity index (χ3v) is 6.06. The van der Waals surface area contributed by atoms with Gasteiger partial charge in [-0.15, -0.1) is 22.7 Å². The molecule has 0 unspecified atom stereocenters. The van der Waals surface area contributed by atoms with Crippen LogP contribution in [0.4, 0.5) is 0 Å². The molecule has 2 aromatic heterocycles. The number of sulfonamides is 1. The van der Waals surface area contributed by atoms with E-state index in [0.717, 1.165) is 28.5 Å². The molecule has 2 rings (SSSR count). The van der Waals surface area contributed by atoms with Crippen molar-refractivity contribution >= 4 is 32.7 Å². The summed E-state index contributed by atoms with van der Waals surface area (Å²) in [6.07, 6.45) is 1.06. The van der Waals surface area contributed by atoms with Gasteiger partial charge in [0.1, 0.15) is 0 Å². The topological polar surface area (TPSA) is 71.1 Å². The minimum atomic E-state index is -3.46. The van der Waals surface area contributed by atoms with Crippen LogP contribution in [0.2, 0.25) is 0 Å². The van der Waals surface area contributed by atoms with Gasteiger partial charge < -0.3 is 5.32 Å². The molecule has 0 amide bonds. The number of hydrogen-bond donors (Lipinski definition) is 2. The van der Waals surface area contributed by atoms with E-state index in [9.17, 15) is 8.42 Å². The lowest BCUT2D eigenvalue weighted by Crippen LogP contribution is -2.23. The Morgan fingerprint density at radius 3 is 2.71 bits per heavy atom. The summed E-state index contributed by atoms with van der Waals surface area (Å²) in [5.74, 6) is 0. The zero-order valence-electron chi connectivity index (χ0n) is 12.0. The third-order valence-electron chi connectivity index (χ3n) is 2.78. The summed E-state index contributed by atoms with van der Waals surface area (Å²) < 4.78 is 27.0. The van der Waals surface area contributed by atoms with Crippen LogP contribution in [0, 0.1) is 6.92 Å². The predicted octanol–water partition coefficient (Wildman–Crippen LogP) is 2.49. The SMILES string of the molecule is CCCNCc1cc(S(=O)(=O)NCc2csc(C)n2)cs1. The molecule has 2 heterocycles. The van der Waals surface area contributed by atoms with Gasteiger partial charge in [-0.3, -0.25) is 0 Å². The Morgan fingerprint density at radius 2 is 2.05 bits per heavy atom. The summed E-state index contributed by atoms with van der Waals surface area (Å²) in [7, 11) is -3.46. The standard InChI is InChI=1S/C13H19N3O2S3/c1-3-4-14-7-12-5-13(9-20-12)21(17,18)15-6-11-8-19-10(2)16-11/h5,8-9,14-15H,3-4,6-7H2,1-2H3. The van der Waals surface area contributed by atoms with Crippen molar-refractivity contribution < 1.29 is 8.42 Å². The average molecular weight is 346 g/mol. The van der Waals surface area contributed by atoms with E-state index in [2.05, 4.69) is 21.9 Å². The van der Waals surface area contributed by atoms with Gasteiger partial charge in [0.05, 0.1) is 22.1 Å². The Morgan fingerprint density at radius 1 is 1.24 bits per heavy atom. The van der Waals surface area contributed by atoms with Gasteiger partial charge >= 0.3 is 0 Å². The molecule has 0 aliphatic heterocycles. The van der Waals surface area contributed by atoms with Crippen LogP contribution >= 0.6 is 22.7 Å². The highest BCUT2D eigenvalue weighted by molar-refractivity contribution is 7.89. The van der Waals surface area contributed by atoms with Crippen molar-refractivity contribution in [1.29, 1.82) is 0 Å². The molecule has 8 heteroatoms. The van der Waals surface area contributed by atoms with Gasteiger partial charge in [-0.25, -0.2) is 18.1 Å². The van der Waals surface area contributed by atoms with Gasteiger partial charge in [0, 0.05) is 22.2 Å². The fraction of sp³-hybridized carbons (Fsp3) is 0.462. The summed E-state index contributed by atoms with van der Waals surface area (Å²) in [6.45, 7) is 5.87. The second-order valence-corrected chi connectivity index (χ2v) is 8.43. The highest BCUT2D eigenvalue weighted by Crippen LogP contribution is 2.19. The Kier molecular flexibility index (Phi) is 5.88. The molecule has 0 saturated carbocycles. The van der Waals surface area contributed by atoms with E-state index in [4.69, 9.17) is 0 Å². The average Bonchev–Trinajstić information content (AvgIpc) is 3.06. The number of aromatic nitrogens is 1. The van der Waals surface area contributed by atoms with E-state index in [-0.39, 0.29) is 6.54 Å². The molecule has 116 valence electrons. The normalized spacial score (nSPS) is 11.9. The summed E-state index contributed by atoms with van der Waals surface area (Å²) in [4.78, 5) is 5.59. The summed E-state index contributed by atoms with van der Waals surface area (Å²) >= 11 is 2.97. The van der Waals surface area contributed by atoms with Crippen molar-refractivity contribution in [2.45, 2.75) is 38.3 Å². The van der Waals surface area contributed by atoms with Crippen molar-refractivity contribution in [1.82, 2.24) is 15.0 Å². The molecule has 21 heavy (non-hydrogen) atoms. The van der Waals surface area contributed by atoms with Crippen molar-refractivity contribution in [3.8, 4) is 0 Å². The van der Waals surface area contributed by atoms with Gasteiger partial charge in [-0.05, 0) is 26.0 Å². The lowest BCUT2D eigenvalue weighted by molar-refractivity contribution is 0.581. The van der Waals surface area contributed by atoms with E-state index in [0.29, 0.717) is 11.4 Å². The summed E-state index contributed by atoms with van der Waals surface area (Å²) in [5, 5.41) is 7.74. The van der Waals surface area contributed by atoms with Crippen LogP contribution in [-0.4, -0.2) is 19.9 Å². The molecule has 0 atom stereocenters. The molecule has 0 fully saturated rings. The number of nitrogens with one attached hydrogen (secondary N) is 2. The Hall–Kier alpha value is -0.800. The van der Waals surface area contributed by atoms with Crippen LogP contribution < -0.4 is 10.0 Å². The first-order valence-electron chi connectivity index (χ1n) is 6.70. The number of nitrogens with zero attached hydrogens (tertiary/aromatic N) is 1. The van der Waals surface area contributed by atoms with Gasteiger partial charge in [-0.2, -0.15) is 0 Å². The monoisotopic (exact) mass is 345 g/mol. The number of rotatable bonds is 8. The van der Waals surface area contributed by atoms with Gasteiger partial charge in [0.2, 0.25) is 10.0 Å². The summed E-state index contributed by atoms with van der Waals surface area (Å²) in [6, 6.07) is 1.72. The highest BCUT2D eigenvalue weighted by atomic mass is 32.2. The minimum Gasteiger partial charge on any atom is -0.312 e. The van der Waals surface area contributed by atoms with E-state index in [1.807, 2.05) is 12.3 Å². The quantitative estimate of drug-likeness (QED) is 0.721. The van der Waals surface area contributed by atoms with Gasteiger partial charge in [0.15, 0.2) is 0 Å². The van der Waals surface area contributed by atoms with E-state index >= 15 is 0 Å². The zero-order valence-corrected chi connectivity index (χ0v) is 14.5.